The number of carbonyl (C=O) groups excluding carboxylic acids is 1. The van der Waals surface area contributed by atoms with Crippen LogP contribution in [0.1, 0.15) is 18.4 Å². The molecule has 1 aliphatic heterocycles. The molecule has 0 spiro atoms. The van der Waals surface area contributed by atoms with E-state index in [1.54, 1.807) is 23.5 Å². The van der Waals surface area contributed by atoms with E-state index in [0.717, 1.165) is 35.7 Å². The summed E-state index contributed by atoms with van der Waals surface area (Å²) in [5.41, 5.74) is 3.06. The molecule has 1 aliphatic rings. The number of halogens is 1. The topological polar surface area (TPSA) is 45.2 Å². The zero-order valence-corrected chi connectivity index (χ0v) is 16.1. The summed E-state index contributed by atoms with van der Waals surface area (Å²) in [5.74, 6) is 0.0298. The summed E-state index contributed by atoms with van der Waals surface area (Å²) in [7, 11) is 0. The Balaban J connectivity index is 1.47. The second kappa shape index (κ2) is 7.25. The molecule has 2 aromatic carbocycles. The molecule has 2 heterocycles. The largest absolute Gasteiger partial charge is 0.347 e. The zero-order chi connectivity index (χ0) is 18.1. The number of carbonyl (C=O) groups is 1. The Bertz CT molecular complexity index is 938. The van der Waals surface area contributed by atoms with Crippen molar-refractivity contribution in [3.63, 3.8) is 0 Å². The highest BCUT2D eigenvalue weighted by Gasteiger charge is 2.27. The summed E-state index contributed by atoms with van der Waals surface area (Å²) in [6.07, 6.45) is 1.90. The molecule has 1 unspecified atom stereocenters. The Morgan fingerprint density at radius 1 is 1.27 bits per heavy atom. The van der Waals surface area contributed by atoms with Gasteiger partial charge in [0, 0.05) is 23.8 Å². The van der Waals surface area contributed by atoms with Gasteiger partial charge in [-0.25, -0.2) is 4.98 Å². The quantitative estimate of drug-likeness (QED) is 0.681. The van der Waals surface area contributed by atoms with Crippen LogP contribution in [0.15, 0.2) is 42.5 Å². The third-order valence-electron chi connectivity index (χ3n) is 4.71. The van der Waals surface area contributed by atoms with Crippen LogP contribution < -0.4 is 10.2 Å². The Morgan fingerprint density at radius 2 is 2.08 bits per heavy atom. The van der Waals surface area contributed by atoms with Gasteiger partial charge in [-0.05, 0) is 61.7 Å². The molecule has 1 atom stereocenters. The number of anilines is 2. The van der Waals surface area contributed by atoms with Crippen molar-refractivity contribution in [3.8, 4) is 0 Å². The minimum Gasteiger partial charge on any atom is -0.347 e. The Hall–Kier alpha value is -2.11. The normalized spacial score (nSPS) is 17.5. The summed E-state index contributed by atoms with van der Waals surface area (Å²) in [6, 6.07) is 13.6. The molecule has 134 valence electrons. The number of hydrogen-bond donors (Lipinski definition) is 1. The van der Waals surface area contributed by atoms with Crippen LogP contribution in [-0.2, 0) is 4.79 Å². The molecule has 1 aromatic heterocycles. The van der Waals surface area contributed by atoms with Crippen molar-refractivity contribution in [1.82, 2.24) is 4.98 Å². The molecule has 1 saturated heterocycles. The van der Waals surface area contributed by atoms with Crippen LogP contribution in [0.3, 0.4) is 0 Å². The number of nitrogens with one attached hydrogen (secondary N) is 1. The lowest BCUT2D eigenvalue weighted by molar-refractivity contribution is -0.120. The van der Waals surface area contributed by atoms with E-state index in [0.29, 0.717) is 11.6 Å². The standard InChI is InChI=1S/C20H20ClN3OS/c1-13-4-9-17-18(11-13)26-20(23-17)24-10-2-3-14(12-24)19(25)22-16-7-5-15(21)6-8-16/h4-9,11,14H,2-3,10,12H2,1H3,(H,22,25). The van der Waals surface area contributed by atoms with Gasteiger partial charge in [-0.15, -0.1) is 0 Å². The molecule has 0 bridgehead atoms. The molecule has 1 amide bonds. The number of nitrogens with zero attached hydrogens (tertiary/aromatic N) is 2. The average molecular weight is 386 g/mol. The van der Waals surface area contributed by atoms with Gasteiger partial charge in [0.25, 0.3) is 0 Å². The summed E-state index contributed by atoms with van der Waals surface area (Å²) < 4.78 is 1.20. The fourth-order valence-corrected chi connectivity index (χ4v) is 4.52. The van der Waals surface area contributed by atoms with Crippen molar-refractivity contribution < 1.29 is 4.79 Å². The van der Waals surface area contributed by atoms with Crippen LogP contribution in [0.5, 0.6) is 0 Å². The molecule has 26 heavy (non-hydrogen) atoms. The number of fused-ring (bicyclic) bond motifs is 1. The minimum absolute atomic E-state index is 0.0341. The van der Waals surface area contributed by atoms with Crippen LogP contribution in [0.25, 0.3) is 10.2 Å². The van der Waals surface area contributed by atoms with Gasteiger partial charge < -0.3 is 10.2 Å². The van der Waals surface area contributed by atoms with Gasteiger partial charge in [-0.3, -0.25) is 4.79 Å². The minimum atomic E-state index is -0.0341. The van der Waals surface area contributed by atoms with Crippen LogP contribution in [0.4, 0.5) is 10.8 Å². The van der Waals surface area contributed by atoms with Crippen molar-refractivity contribution >= 4 is 49.9 Å². The highest BCUT2D eigenvalue weighted by atomic mass is 35.5. The van der Waals surface area contributed by atoms with Gasteiger partial charge in [-0.1, -0.05) is 29.0 Å². The van der Waals surface area contributed by atoms with E-state index in [2.05, 4.69) is 35.3 Å². The van der Waals surface area contributed by atoms with E-state index < -0.39 is 0 Å². The summed E-state index contributed by atoms with van der Waals surface area (Å²) in [6.45, 7) is 3.75. The maximum atomic E-state index is 12.7. The van der Waals surface area contributed by atoms with E-state index in [9.17, 15) is 4.79 Å². The summed E-state index contributed by atoms with van der Waals surface area (Å²) in [4.78, 5) is 19.7. The SMILES string of the molecule is Cc1ccc2nc(N3CCCC(C(=O)Nc4ccc(Cl)cc4)C3)sc2c1. The summed E-state index contributed by atoms with van der Waals surface area (Å²) in [5, 5.41) is 4.68. The number of benzene rings is 2. The monoisotopic (exact) mass is 385 g/mol. The molecule has 3 aromatic rings. The second-order valence-electron chi connectivity index (χ2n) is 6.75. The number of aryl methyl sites for hydroxylation is 1. The molecular weight excluding hydrogens is 366 g/mol. The van der Waals surface area contributed by atoms with E-state index >= 15 is 0 Å². The van der Waals surface area contributed by atoms with E-state index in [4.69, 9.17) is 16.6 Å². The van der Waals surface area contributed by atoms with Gasteiger partial charge in [0.05, 0.1) is 16.1 Å². The Kier molecular flexibility index (Phi) is 4.83. The lowest BCUT2D eigenvalue weighted by atomic mass is 9.97. The first-order chi connectivity index (χ1) is 12.6. The number of aromatic nitrogens is 1. The van der Waals surface area contributed by atoms with Crippen molar-refractivity contribution in [3.05, 3.63) is 53.1 Å². The van der Waals surface area contributed by atoms with Gasteiger partial charge in [0.15, 0.2) is 5.13 Å². The molecule has 1 fully saturated rings. The van der Waals surface area contributed by atoms with E-state index in [-0.39, 0.29) is 11.8 Å². The molecule has 0 saturated carbocycles. The number of thiazole rings is 1. The second-order valence-corrected chi connectivity index (χ2v) is 8.19. The van der Waals surface area contributed by atoms with Crippen molar-refractivity contribution in [2.24, 2.45) is 5.92 Å². The third-order valence-corrected chi connectivity index (χ3v) is 6.04. The lowest BCUT2D eigenvalue weighted by Gasteiger charge is -2.31. The van der Waals surface area contributed by atoms with E-state index in [1.807, 2.05) is 12.1 Å². The third kappa shape index (κ3) is 3.69. The van der Waals surface area contributed by atoms with Crippen molar-refractivity contribution in [2.75, 3.05) is 23.3 Å². The van der Waals surface area contributed by atoms with Crippen LogP contribution >= 0.6 is 22.9 Å². The van der Waals surface area contributed by atoms with E-state index in [1.165, 1.54) is 10.3 Å². The first-order valence-electron chi connectivity index (χ1n) is 8.77. The smallest absolute Gasteiger partial charge is 0.229 e. The molecule has 0 radical (unpaired) electrons. The predicted octanol–water partition coefficient (Wildman–Crippen LogP) is 5.11. The first-order valence-corrected chi connectivity index (χ1v) is 9.96. The van der Waals surface area contributed by atoms with Crippen LogP contribution in [0.2, 0.25) is 5.02 Å². The fourth-order valence-electron chi connectivity index (χ4n) is 3.30. The Labute approximate surface area is 161 Å². The number of piperidine rings is 1. The fraction of sp³-hybridized carbons (Fsp3) is 0.300. The van der Waals surface area contributed by atoms with Gasteiger partial charge in [-0.2, -0.15) is 0 Å². The van der Waals surface area contributed by atoms with Crippen molar-refractivity contribution in [2.45, 2.75) is 19.8 Å². The molecule has 6 heteroatoms. The molecule has 4 nitrogen and oxygen atoms in total. The van der Waals surface area contributed by atoms with Gasteiger partial charge in [0.1, 0.15) is 0 Å². The predicted molar refractivity (Wildman–Crippen MR) is 109 cm³/mol. The first kappa shape index (κ1) is 17.3. The molecule has 0 aliphatic carbocycles. The highest BCUT2D eigenvalue weighted by molar-refractivity contribution is 7.22. The number of amides is 1. The maximum absolute atomic E-state index is 12.7. The van der Waals surface area contributed by atoms with Crippen LogP contribution in [0, 0.1) is 12.8 Å². The van der Waals surface area contributed by atoms with Gasteiger partial charge in [0.2, 0.25) is 5.91 Å². The number of hydrogen-bond acceptors (Lipinski definition) is 4. The molecular formula is C20H20ClN3OS. The highest BCUT2D eigenvalue weighted by Crippen LogP contribution is 2.32. The van der Waals surface area contributed by atoms with Crippen LogP contribution in [-0.4, -0.2) is 24.0 Å². The molecule has 4 rings (SSSR count). The van der Waals surface area contributed by atoms with Crippen molar-refractivity contribution in [1.29, 1.82) is 0 Å². The molecule has 1 N–H and O–H groups in total. The Morgan fingerprint density at radius 3 is 2.88 bits per heavy atom. The maximum Gasteiger partial charge on any atom is 0.229 e. The van der Waals surface area contributed by atoms with Gasteiger partial charge >= 0.3 is 0 Å². The number of rotatable bonds is 3. The average Bonchev–Trinajstić information content (AvgIpc) is 3.07. The lowest BCUT2D eigenvalue weighted by Crippen LogP contribution is -2.40. The summed E-state index contributed by atoms with van der Waals surface area (Å²) >= 11 is 7.61. The zero-order valence-electron chi connectivity index (χ0n) is 14.5.